The molecule has 0 nitrogen and oxygen atoms in total. The van der Waals surface area contributed by atoms with Gasteiger partial charge in [0.1, 0.15) is 0 Å². The van der Waals surface area contributed by atoms with E-state index in [4.69, 9.17) is 0 Å². The summed E-state index contributed by atoms with van der Waals surface area (Å²) in [6, 6.07) is 0. The van der Waals surface area contributed by atoms with E-state index in [0.29, 0.717) is 0 Å². The normalized spacial score (nSPS) is 9.60. The molecule has 0 aliphatic heterocycles. The van der Waals surface area contributed by atoms with Crippen LogP contribution in [0.5, 0.6) is 0 Å². The molecule has 0 atom stereocenters. The SMILES string of the molecule is C[CH2][Sn]([CH3])[CH3]. The second-order valence-corrected chi connectivity index (χ2v) is 10.5. The molecule has 0 spiro atoms. The Morgan fingerprint density at radius 3 is 1.60 bits per heavy atom. The maximum absolute atomic E-state index is 2.42. The van der Waals surface area contributed by atoms with Crippen LogP contribution in [0.25, 0.3) is 0 Å². The molecule has 0 aliphatic rings. The zero-order chi connectivity index (χ0) is 4.28. The van der Waals surface area contributed by atoms with E-state index in [1.54, 1.807) is 0 Å². The molecule has 0 amide bonds. The minimum absolute atomic E-state index is 0.580. The van der Waals surface area contributed by atoms with Crippen molar-refractivity contribution in [3.63, 3.8) is 0 Å². The molecule has 1 radical (unpaired) electrons. The van der Waals surface area contributed by atoms with Gasteiger partial charge in [0.25, 0.3) is 0 Å². The van der Waals surface area contributed by atoms with Crippen LogP contribution in [0.1, 0.15) is 6.92 Å². The fourth-order valence-corrected chi connectivity index (χ4v) is 0. The van der Waals surface area contributed by atoms with Gasteiger partial charge in [0, 0.05) is 0 Å². The molecule has 0 unspecified atom stereocenters. The summed E-state index contributed by atoms with van der Waals surface area (Å²) in [5.41, 5.74) is 0. The van der Waals surface area contributed by atoms with Gasteiger partial charge in [-0.25, -0.2) is 0 Å². The third kappa shape index (κ3) is 4.80. The van der Waals surface area contributed by atoms with Crippen LogP contribution in [0.4, 0.5) is 0 Å². The van der Waals surface area contributed by atoms with E-state index in [2.05, 4.69) is 16.8 Å². The molecule has 31 valence electrons. The van der Waals surface area contributed by atoms with Gasteiger partial charge >= 0.3 is 41.0 Å². The van der Waals surface area contributed by atoms with Crippen molar-refractivity contribution >= 4 is 19.8 Å². The zero-order valence-electron chi connectivity index (χ0n) is 4.21. The summed E-state index contributed by atoms with van der Waals surface area (Å²) in [6.07, 6.45) is 0. The van der Waals surface area contributed by atoms with Crippen molar-refractivity contribution in [2.45, 2.75) is 21.2 Å². The van der Waals surface area contributed by atoms with E-state index in [0.717, 1.165) is 0 Å². The van der Waals surface area contributed by atoms with E-state index < -0.39 is 19.8 Å². The molecule has 0 aromatic rings. The van der Waals surface area contributed by atoms with E-state index in [1.807, 2.05) is 0 Å². The predicted octanol–water partition coefficient (Wildman–Crippen LogP) is 1.76. The van der Waals surface area contributed by atoms with Crippen LogP contribution in [0.3, 0.4) is 0 Å². The van der Waals surface area contributed by atoms with Crippen molar-refractivity contribution in [1.82, 2.24) is 0 Å². The van der Waals surface area contributed by atoms with Gasteiger partial charge in [-0.15, -0.1) is 0 Å². The van der Waals surface area contributed by atoms with Gasteiger partial charge in [-0.05, 0) is 0 Å². The first-order chi connectivity index (χ1) is 2.27. The number of hydrogen-bond donors (Lipinski definition) is 0. The molecule has 0 aromatic carbocycles. The molecule has 1 heteroatoms. The summed E-state index contributed by atoms with van der Waals surface area (Å²) in [6.45, 7) is 2.29. The predicted molar refractivity (Wildman–Crippen MR) is 28.0 cm³/mol. The van der Waals surface area contributed by atoms with Crippen LogP contribution >= 0.6 is 0 Å². The molecule has 0 saturated carbocycles. The van der Waals surface area contributed by atoms with Gasteiger partial charge in [-0.3, -0.25) is 0 Å². The Morgan fingerprint density at radius 2 is 1.60 bits per heavy atom. The van der Waals surface area contributed by atoms with Crippen molar-refractivity contribution in [1.29, 1.82) is 0 Å². The Kier molecular flexibility index (Phi) is 3.49. The van der Waals surface area contributed by atoms with E-state index in [9.17, 15) is 0 Å². The zero-order valence-corrected chi connectivity index (χ0v) is 7.06. The summed E-state index contributed by atoms with van der Waals surface area (Å²) in [5.74, 6) is 0. The van der Waals surface area contributed by atoms with E-state index in [1.165, 1.54) is 4.44 Å². The van der Waals surface area contributed by atoms with Crippen LogP contribution in [-0.2, 0) is 0 Å². The fourth-order valence-electron chi connectivity index (χ4n) is 0. The summed E-state index contributed by atoms with van der Waals surface area (Å²) < 4.78 is 1.50. The van der Waals surface area contributed by atoms with Crippen LogP contribution < -0.4 is 0 Å². The standard InChI is InChI=1S/C2H5.2CH3.Sn/c1-2;;;/h1H2,2H3;2*1H3;. The van der Waals surface area contributed by atoms with Gasteiger partial charge in [0.2, 0.25) is 0 Å². The van der Waals surface area contributed by atoms with Crippen molar-refractivity contribution < 1.29 is 0 Å². The van der Waals surface area contributed by atoms with Crippen LogP contribution in [0.2, 0.25) is 14.3 Å². The molecule has 0 N–H and O–H groups in total. The van der Waals surface area contributed by atoms with Gasteiger partial charge in [0.05, 0.1) is 0 Å². The van der Waals surface area contributed by atoms with Crippen molar-refractivity contribution in [3.05, 3.63) is 0 Å². The first-order valence-corrected chi connectivity index (χ1v) is 9.79. The van der Waals surface area contributed by atoms with Crippen molar-refractivity contribution in [2.75, 3.05) is 0 Å². The summed E-state index contributed by atoms with van der Waals surface area (Å²) in [7, 11) is 0. The third-order valence-electron chi connectivity index (χ3n) is 0.707. The molecule has 0 heterocycles. The second-order valence-electron chi connectivity index (χ2n) is 1.56. The average molecular weight is 178 g/mol. The molecule has 0 rings (SSSR count). The molecule has 0 saturated heterocycles. The minimum atomic E-state index is -0.580. The van der Waals surface area contributed by atoms with Gasteiger partial charge in [-0.2, -0.15) is 0 Å². The first-order valence-electron chi connectivity index (χ1n) is 2.06. The summed E-state index contributed by atoms with van der Waals surface area (Å²) in [4.78, 5) is 4.84. The summed E-state index contributed by atoms with van der Waals surface area (Å²) >= 11 is -0.580. The molecular weight excluding hydrogens is 167 g/mol. The summed E-state index contributed by atoms with van der Waals surface area (Å²) in [5, 5.41) is 0. The average Bonchev–Trinajstić information content (AvgIpc) is 1.38. The monoisotopic (exact) mass is 179 g/mol. The molecule has 5 heavy (non-hydrogen) atoms. The third-order valence-corrected chi connectivity index (χ3v) is 4.74. The molecule has 0 bridgehead atoms. The second kappa shape index (κ2) is 3.01. The van der Waals surface area contributed by atoms with Crippen LogP contribution in [0.15, 0.2) is 0 Å². The maximum atomic E-state index is 2.42. The number of rotatable bonds is 1. The van der Waals surface area contributed by atoms with Crippen LogP contribution in [0, 0.1) is 0 Å². The van der Waals surface area contributed by atoms with Crippen LogP contribution in [-0.4, -0.2) is 19.8 Å². The first kappa shape index (κ1) is 5.80. The van der Waals surface area contributed by atoms with Gasteiger partial charge in [0.15, 0.2) is 0 Å². The molecular formula is C4H11Sn. The Labute approximate surface area is 41.3 Å². The molecule has 0 aromatic heterocycles. The Morgan fingerprint density at radius 1 is 1.40 bits per heavy atom. The Bertz CT molecular complexity index is 17.6. The topological polar surface area (TPSA) is 0 Å². The fraction of sp³-hybridized carbons (Fsp3) is 1.00. The van der Waals surface area contributed by atoms with Gasteiger partial charge in [-0.1, -0.05) is 0 Å². The van der Waals surface area contributed by atoms with E-state index >= 15 is 0 Å². The molecule has 0 aliphatic carbocycles. The van der Waals surface area contributed by atoms with Gasteiger partial charge < -0.3 is 0 Å². The van der Waals surface area contributed by atoms with E-state index in [-0.39, 0.29) is 0 Å². The quantitative estimate of drug-likeness (QED) is 0.536. The Balaban J connectivity index is 2.54. The number of hydrogen-bond acceptors (Lipinski definition) is 0. The molecule has 0 fully saturated rings. The van der Waals surface area contributed by atoms with Crippen molar-refractivity contribution in [3.8, 4) is 0 Å². The van der Waals surface area contributed by atoms with Crippen molar-refractivity contribution in [2.24, 2.45) is 0 Å². The Hall–Kier alpha value is 0.799.